The van der Waals surface area contributed by atoms with Gasteiger partial charge in [-0.15, -0.1) is 0 Å². The fraction of sp³-hybridized carbons (Fsp3) is 0.263. The molecule has 1 heterocycles. The Morgan fingerprint density at radius 1 is 1.17 bits per heavy atom. The van der Waals surface area contributed by atoms with Crippen LogP contribution in [-0.4, -0.2) is 18.2 Å². The normalized spacial score (nSPS) is 12.7. The summed E-state index contributed by atoms with van der Waals surface area (Å²) in [6.07, 6.45) is 2.07. The Balaban J connectivity index is 1.90. The van der Waals surface area contributed by atoms with E-state index in [1.165, 1.54) is 4.90 Å². The third-order valence-electron chi connectivity index (χ3n) is 3.82. The Labute approximate surface area is 141 Å². The molecule has 1 N–H and O–H groups in total. The van der Waals surface area contributed by atoms with Crippen LogP contribution >= 0.6 is 11.8 Å². The Kier molecular flexibility index (Phi) is 4.82. The molecule has 0 atom stereocenters. The highest BCUT2D eigenvalue weighted by atomic mass is 32.2. The Morgan fingerprint density at radius 3 is 2.83 bits per heavy atom. The van der Waals surface area contributed by atoms with Gasteiger partial charge in [-0.25, -0.2) is 0 Å². The van der Waals surface area contributed by atoms with Crippen LogP contribution in [0.1, 0.15) is 42.6 Å². The maximum Gasteiger partial charge on any atom is 0.251 e. The van der Waals surface area contributed by atoms with Crippen molar-refractivity contribution in [1.29, 1.82) is 0 Å². The molecule has 0 aliphatic carbocycles. The lowest BCUT2D eigenvalue weighted by molar-refractivity contribution is 0.0953. The molecule has 2 aromatic carbocycles. The number of hydrogen-bond acceptors (Lipinski definition) is 3. The number of amides is 1. The maximum atomic E-state index is 12.2. The lowest BCUT2D eigenvalue weighted by Crippen LogP contribution is -2.24. The lowest BCUT2D eigenvalue weighted by atomic mass is 10.1. The van der Waals surface area contributed by atoms with Gasteiger partial charge in [0.15, 0.2) is 0 Å². The van der Waals surface area contributed by atoms with Crippen molar-refractivity contribution in [3.8, 4) is 0 Å². The summed E-state index contributed by atoms with van der Waals surface area (Å²) < 4.78 is 0. The van der Waals surface area contributed by atoms with Crippen LogP contribution < -0.4 is 5.32 Å². The summed E-state index contributed by atoms with van der Waals surface area (Å²) in [5, 5.41) is 2.96. The van der Waals surface area contributed by atoms with Crippen molar-refractivity contribution in [2.45, 2.75) is 36.5 Å². The first-order valence-electron chi connectivity index (χ1n) is 7.94. The molecule has 1 aliphatic rings. The minimum Gasteiger partial charge on any atom is -0.352 e. The lowest BCUT2D eigenvalue weighted by Gasteiger charge is -2.08. The van der Waals surface area contributed by atoms with Gasteiger partial charge in [0.1, 0.15) is 0 Å². The highest BCUT2D eigenvalue weighted by molar-refractivity contribution is 7.99. The average molecular weight is 324 g/mol. The van der Waals surface area contributed by atoms with Crippen molar-refractivity contribution >= 4 is 29.1 Å². The molecule has 2 aromatic rings. The zero-order chi connectivity index (χ0) is 16.2. The van der Waals surface area contributed by atoms with E-state index in [0.717, 1.165) is 41.2 Å². The zero-order valence-electron chi connectivity index (χ0n) is 13.4. The summed E-state index contributed by atoms with van der Waals surface area (Å²) in [4.78, 5) is 19.2. The number of fused-ring (bicyclic) bond motifs is 2. The van der Waals surface area contributed by atoms with E-state index >= 15 is 0 Å². The molecule has 0 saturated carbocycles. The monoisotopic (exact) mass is 324 g/mol. The highest BCUT2D eigenvalue weighted by Gasteiger charge is 2.16. The van der Waals surface area contributed by atoms with Crippen LogP contribution in [0.15, 0.2) is 57.2 Å². The molecular weight excluding hydrogens is 304 g/mol. The second-order valence-corrected chi connectivity index (χ2v) is 6.67. The van der Waals surface area contributed by atoms with Crippen molar-refractivity contribution in [3.05, 3.63) is 53.6 Å². The van der Waals surface area contributed by atoms with Gasteiger partial charge in [-0.2, -0.15) is 0 Å². The maximum absolute atomic E-state index is 12.2. The number of nitrogens with one attached hydrogen (secondary N) is 1. The van der Waals surface area contributed by atoms with E-state index in [1.807, 2.05) is 37.3 Å². The van der Waals surface area contributed by atoms with Gasteiger partial charge < -0.3 is 5.32 Å². The summed E-state index contributed by atoms with van der Waals surface area (Å²) in [7, 11) is 0. The summed E-state index contributed by atoms with van der Waals surface area (Å²) in [5.74, 6) is -0.0270. The number of hydrogen-bond donors (Lipinski definition) is 1. The fourth-order valence-corrected chi connectivity index (χ4v) is 3.58. The third kappa shape index (κ3) is 3.48. The molecular formula is C19H20N2OS. The molecule has 3 rings (SSSR count). The van der Waals surface area contributed by atoms with Crippen molar-refractivity contribution in [3.63, 3.8) is 0 Å². The van der Waals surface area contributed by atoms with Crippen LogP contribution in [0.25, 0.3) is 0 Å². The molecule has 0 aromatic heterocycles. The molecule has 3 nitrogen and oxygen atoms in total. The average Bonchev–Trinajstić information content (AvgIpc) is 2.70. The summed E-state index contributed by atoms with van der Waals surface area (Å²) in [6.45, 7) is 4.85. The Morgan fingerprint density at radius 2 is 2.00 bits per heavy atom. The number of rotatable bonds is 4. The topological polar surface area (TPSA) is 41.5 Å². The molecule has 23 heavy (non-hydrogen) atoms. The van der Waals surface area contributed by atoms with Crippen molar-refractivity contribution in [1.82, 2.24) is 5.32 Å². The standard InChI is InChI=1S/C19H20N2OS/c1-3-4-11-20-19(22)14-9-10-18-16(12-14)21-13(2)15-7-5-6-8-17(15)23-18/h5-10,12H,3-4,11H2,1-2H3,(H,20,22). The number of carbonyl (C=O) groups is 1. The van der Waals surface area contributed by atoms with Gasteiger partial charge in [-0.1, -0.05) is 43.3 Å². The number of carbonyl (C=O) groups excluding carboxylic acids is 1. The first-order valence-corrected chi connectivity index (χ1v) is 8.75. The first kappa shape index (κ1) is 15.8. The minimum absolute atomic E-state index is 0.0270. The SMILES string of the molecule is CCCCNC(=O)c1ccc2c(c1)N=C(C)c1ccccc1S2. The van der Waals surface area contributed by atoms with Crippen LogP contribution in [0.4, 0.5) is 5.69 Å². The van der Waals surface area contributed by atoms with Crippen molar-refractivity contribution in [2.75, 3.05) is 6.54 Å². The first-order chi connectivity index (χ1) is 11.2. The van der Waals surface area contributed by atoms with E-state index in [4.69, 9.17) is 4.99 Å². The summed E-state index contributed by atoms with van der Waals surface area (Å²) >= 11 is 1.70. The van der Waals surface area contributed by atoms with Crippen molar-refractivity contribution in [2.24, 2.45) is 4.99 Å². The number of nitrogens with zero attached hydrogens (tertiary/aromatic N) is 1. The fourth-order valence-electron chi connectivity index (χ4n) is 2.53. The van der Waals surface area contributed by atoms with Crippen LogP contribution in [0.2, 0.25) is 0 Å². The molecule has 0 unspecified atom stereocenters. The van der Waals surface area contributed by atoms with Crippen LogP contribution in [0.3, 0.4) is 0 Å². The largest absolute Gasteiger partial charge is 0.352 e. The molecule has 0 radical (unpaired) electrons. The quantitative estimate of drug-likeness (QED) is 0.819. The molecule has 0 saturated heterocycles. The Bertz CT molecular complexity index is 768. The van der Waals surface area contributed by atoms with Gasteiger partial charge in [0.05, 0.1) is 5.69 Å². The third-order valence-corrected chi connectivity index (χ3v) is 4.96. The van der Waals surface area contributed by atoms with Crippen LogP contribution in [-0.2, 0) is 0 Å². The molecule has 0 fully saturated rings. The summed E-state index contributed by atoms with van der Waals surface area (Å²) in [6, 6.07) is 14.0. The zero-order valence-corrected chi connectivity index (χ0v) is 14.2. The smallest absolute Gasteiger partial charge is 0.251 e. The van der Waals surface area contributed by atoms with E-state index in [1.54, 1.807) is 11.8 Å². The van der Waals surface area contributed by atoms with E-state index in [2.05, 4.69) is 24.4 Å². The second kappa shape index (κ2) is 7.01. The number of benzene rings is 2. The predicted molar refractivity (Wildman–Crippen MR) is 96.1 cm³/mol. The van der Waals surface area contributed by atoms with Gasteiger partial charge in [-0.05, 0) is 37.6 Å². The number of aliphatic imine (C=N–C) groups is 1. The van der Waals surface area contributed by atoms with Crippen LogP contribution in [0, 0.1) is 0 Å². The second-order valence-electron chi connectivity index (χ2n) is 5.59. The van der Waals surface area contributed by atoms with E-state index in [9.17, 15) is 4.79 Å². The number of unbranched alkanes of at least 4 members (excludes halogenated alkanes) is 1. The van der Waals surface area contributed by atoms with E-state index < -0.39 is 0 Å². The minimum atomic E-state index is -0.0270. The molecule has 0 spiro atoms. The van der Waals surface area contributed by atoms with Gasteiger partial charge in [0.25, 0.3) is 5.91 Å². The highest BCUT2D eigenvalue weighted by Crippen LogP contribution is 2.40. The van der Waals surface area contributed by atoms with Gasteiger partial charge in [0.2, 0.25) is 0 Å². The van der Waals surface area contributed by atoms with Gasteiger partial charge in [0, 0.05) is 33.2 Å². The molecule has 4 heteroatoms. The van der Waals surface area contributed by atoms with E-state index in [-0.39, 0.29) is 5.91 Å². The predicted octanol–water partition coefficient (Wildman–Crippen LogP) is 4.82. The van der Waals surface area contributed by atoms with Crippen LogP contribution in [0.5, 0.6) is 0 Å². The molecule has 0 bridgehead atoms. The molecule has 1 amide bonds. The van der Waals surface area contributed by atoms with Gasteiger partial charge >= 0.3 is 0 Å². The molecule has 118 valence electrons. The summed E-state index contributed by atoms with van der Waals surface area (Å²) in [5.41, 5.74) is 3.67. The van der Waals surface area contributed by atoms with Gasteiger partial charge in [-0.3, -0.25) is 9.79 Å². The van der Waals surface area contributed by atoms with Crippen molar-refractivity contribution < 1.29 is 4.79 Å². The Hall–Kier alpha value is -2.07. The van der Waals surface area contributed by atoms with E-state index in [0.29, 0.717) is 5.56 Å². The molecule has 1 aliphatic heterocycles.